The van der Waals surface area contributed by atoms with Crippen LogP contribution in [0.15, 0.2) is 60.8 Å². The molecule has 9 heteroatoms. The van der Waals surface area contributed by atoms with Crippen LogP contribution in [0, 0.1) is 0 Å². The van der Waals surface area contributed by atoms with Crippen molar-refractivity contribution in [2.75, 3.05) is 6.54 Å². The SMILES string of the molecule is NC(=O)[C@H](Cc1cnc2ccccc2n1)NC(=O)CNC(=O)OCc1ccccc1. The number of nitrogens with two attached hydrogens (primary N) is 1. The molecule has 0 unspecified atom stereocenters. The maximum Gasteiger partial charge on any atom is 0.407 e. The number of primary amides is 1. The van der Waals surface area contributed by atoms with Crippen LogP contribution >= 0.6 is 0 Å². The minimum atomic E-state index is -0.991. The average molecular weight is 407 g/mol. The molecule has 0 radical (unpaired) electrons. The van der Waals surface area contributed by atoms with Crippen LogP contribution in [0.5, 0.6) is 0 Å². The Hall–Kier alpha value is -4.01. The second-order valence-corrected chi connectivity index (χ2v) is 6.49. The quantitative estimate of drug-likeness (QED) is 0.511. The third-order valence-electron chi connectivity index (χ3n) is 4.20. The van der Waals surface area contributed by atoms with Crippen molar-refractivity contribution in [3.8, 4) is 0 Å². The number of benzene rings is 2. The molecule has 0 saturated heterocycles. The molecule has 154 valence electrons. The first-order valence-corrected chi connectivity index (χ1v) is 9.25. The van der Waals surface area contributed by atoms with E-state index in [0.29, 0.717) is 11.2 Å². The van der Waals surface area contributed by atoms with Crippen LogP contribution < -0.4 is 16.4 Å². The minimum absolute atomic E-state index is 0.0807. The fraction of sp³-hybridized carbons (Fsp3) is 0.190. The normalized spacial score (nSPS) is 11.5. The number of rotatable bonds is 8. The number of hydrogen-bond donors (Lipinski definition) is 3. The van der Waals surface area contributed by atoms with Gasteiger partial charge in [-0.1, -0.05) is 42.5 Å². The van der Waals surface area contributed by atoms with Crippen LogP contribution in [0.1, 0.15) is 11.3 Å². The van der Waals surface area contributed by atoms with Gasteiger partial charge in [-0.3, -0.25) is 14.6 Å². The molecule has 0 spiro atoms. The highest BCUT2D eigenvalue weighted by Gasteiger charge is 2.20. The maximum absolute atomic E-state index is 12.1. The molecule has 3 aromatic rings. The van der Waals surface area contributed by atoms with E-state index < -0.39 is 23.9 Å². The monoisotopic (exact) mass is 407 g/mol. The predicted octanol–water partition coefficient (Wildman–Crippen LogP) is 1.07. The van der Waals surface area contributed by atoms with Gasteiger partial charge < -0.3 is 21.1 Å². The second-order valence-electron chi connectivity index (χ2n) is 6.49. The van der Waals surface area contributed by atoms with Crippen molar-refractivity contribution < 1.29 is 19.1 Å². The molecule has 0 bridgehead atoms. The summed E-state index contributed by atoms with van der Waals surface area (Å²) in [5, 5.41) is 4.82. The van der Waals surface area contributed by atoms with Gasteiger partial charge in [0.2, 0.25) is 11.8 Å². The number of para-hydroxylation sites is 2. The number of ether oxygens (including phenoxy) is 1. The van der Waals surface area contributed by atoms with Crippen molar-refractivity contribution >= 4 is 28.9 Å². The topological polar surface area (TPSA) is 136 Å². The summed E-state index contributed by atoms with van der Waals surface area (Å²) in [6.07, 6.45) is 0.867. The molecule has 0 aliphatic rings. The summed E-state index contributed by atoms with van der Waals surface area (Å²) in [4.78, 5) is 44.3. The predicted molar refractivity (Wildman–Crippen MR) is 109 cm³/mol. The van der Waals surface area contributed by atoms with Crippen LogP contribution in [0.2, 0.25) is 0 Å². The lowest BCUT2D eigenvalue weighted by Gasteiger charge is -2.15. The molecule has 1 atom stereocenters. The second kappa shape index (κ2) is 9.97. The smallest absolute Gasteiger partial charge is 0.407 e. The van der Waals surface area contributed by atoms with Crippen LogP contribution in [-0.4, -0.2) is 40.5 Å². The highest BCUT2D eigenvalue weighted by Crippen LogP contribution is 2.09. The van der Waals surface area contributed by atoms with Gasteiger partial charge >= 0.3 is 6.09 Å². The van der Waals surface area contributed by atoms with Gasteiger partial charge in [-0.25, -0.2) is 9.78 Å². The fourth-order valence-corrected chi connectivity index (χ4v) is 2.70. The Morgan fingerprint density at radius 1 is 1.00 bits per heavy atom. The van der Waals surface area contributed by atoms with Gasteiger partial charge in [0.15, 0.2) is 0 Å². The summed E-state index contributed by atoms with van der Waals surface area (Å²) in [5.74, 6) is -1.30. The first kappa shape index (κ1) is 20.7. The van der Waals surface area contributed by atoms with Crippen LogP contribution in [0.25, 0.3) is 11.0 Å². The van der Waals surface area contributed by atoms with Crippen LogP contribution in [0.3, 0.4) is 0 Å². The zero-order valence-electron chi connectivity index (χ0n) is 16.1. The zero-order chi connectivity index (χ0) is 21.3. The van der Waals surface area contributed by atoms with E-state index in [-0.39, 0.29) is 19.6 Å². The van der Waals surface area contributed by atoms with Gasteiger partial charge in [-0.05, 0) is 17.7 Å². The van der Waals surface area contributed by atoms with E-state index in [1.165, 1.54) is 6.20 Å². The van der Waals surface area contributed by atoms with Gasteiger partial charge in [0.25, 0.3) is 0 Å². The third-order valence-corrected chi connectivity index (χ3v) is 4.20. The fourth-order valence-electron chi connectivity index (χ4n) is 2.70. The molecule has 0 aliphatic carbocycles. The molecular weight excluding hydrogens is 386 g/mol. The summed E-state index contributed by atoms with van der Waals surface area (Å²) in [5.41, 5.74) is 8.12. The van der Waals surface area contributed by atoms with Crippen molar-refractivity contribution in [2.24, 2.45) is 5.73 Å². The molecule has 4 N–H and O–H groups in total. The Morgan fingerprint density at radius 3 is 2.43 bits per heavy atom. The van der Waals surface area contributed by atoms with E-state index in [0.717, 1.165) is 11.1 Å². The Morgan fingerprint density at radius 2 is 1.70 bits per heavy atom. The zero-order valence-corrected chi connectivity index (χ0v) is 16.1. The van der Waals surface area contributed by atoms with Crippen molar-refractivity contribution in [3.05, 3.63) is 72.1 Å². The van der Waals surface area contributed by atoms with Crippen molar-refractivity contribution in [2.45, 2.75) is 19.1 Å². The Balaban J connectivity index is 1.49. The van der Waals surface area contributed by atoms with Crippen molar-refractivity contribution in [1.29, 1.82) is 0 Å². The lowest BCUT2D eigenvalue weighted by molar-refractivity contribution is -0.126. The van der Waals surface area contributed by atoms with E-state index in [2.05, 4.69) is 20.6 Å². The molecular formula is C21H21N5O4. The number of amides is 3. The molecule has 0 aliphatic heterocycles. The summed E-state index contributed by atoms with van der Waals surface area (Å²) < 4.78 is 5.03. The highest BCUT2D eigenvalue weighted by molar-refractivity contribution is 5.88. The number of nitrogens with zero attached hydrogens (tertiary/aromatic N) is 2. The molecule has 1 aromatic heterocycles. The largest absolute Gasteiger partial charge is 0.445 e. The summed E-state index contributed by atoms with van der Waals surface area (Å²) in [7, 11) is 0. The van der Waals surface area contributed by atoms with Gasteiger partial charge in [-0.2, -0.15) is 0 Å². The van der Waals surface area contributed by atoms with Crippen LogP contribution in [0.4, 0.5) is 4.79 Å². The molecule has 30 heavy (non-hydrogen) atoms. The van der Waals surface area contributed by atoms with E-state index >= 15 is 0 Å². The molecule has 9 nitrogen and oxygen atoms in total. The van der Waals surface area contributed by atoms with Gasteiger partial charge in [0.1, 0.15) is 19.2 Å². The lowest BCUT2D eigenvalue weighted by Crippen LogP contribution is -2.49. The standard InChI is InChI=1S/C21H21N5O4/c22-20(28)18(10-15-11-23-16-8-4-5-9-17(16)25-15)26-19(27)12-24-21(29)30-13-14-6-2-1-3-7-14/h1-9,11,18H,10,12-13H2,(H2,22,28)(H,24,29)(H,26,27)/t18-/m0/s1. The molecule has 0 saturated carbocycles. The highest BCUT2D eigenvalue weighted by atomic mass is 16.5. The first-order chi connectivity index (χ1) is 14.5. The number of fused-ring (bicyclic) bond motifs is 1. The molecule has 1 heterocycles. The molecule has 3 amide bonds. The number of aromatic nitrogens is 2. The minimum Gasteiger partial charge on any atom is -0.445 e. The Bertz CT molecular complexity index is 1040. The molecule has 0 fully saturated rings. The van der Waals surface area contributed by atoms with Gasteiger partial charge in [0.05, 0.1) is 16.7 Å². The number of carbonyl (C=O) groups is 3. The van der Waals surface area contributed by atoms with Gasteiger partial charge in [0, 0.05) is 12.6 Å². The first-order valence-electron chi connectivity index (χ1n) is 9.25. The van der Waals surface area contributed by atoms with Crippen molar-refractivity contribution in [3.63, 3.8) is 0 Å². The molecule has 2 aromatic carbocycles. The number of alkyl carbamates (subject to hydrolysis) is 1. The summed E-state index contributed by atoms with van der Waals surface area (Å²) >= 11 is 0. The number of carbonyl (C=O) groups excluding carboxylic acids is 3. The molecule has 3 rings (SSSR count). The Kier molecular flexibility index (Phi) is 6.88. The number of nitrogens with one attached hydrogen (secondary N) is 2. The average Bonchev–Trinajstić information content (AvgIpc) is 2.76. The lowest BCUT2D eigenvalue weighted by atomic mass is 10.1. The maximum atomic E-state index is 12.1. The van der Waals surface area contributed by atoms with Crippen LogP contribution in [-0.2, 0) is 27.4 Å². The summed E-state index contributed by atoms with van der Waals surface area (Å²) in [6.45, 7) is -0.278. The van der Waals surface area contributed by atoms with Crippen molar-refractivity contribution in [1.82, 2.24) is 20.6 Å². The Labute approximate surface area is 172 Å². The number of hydrogen-bond acceptors (Lipinski definition) is 6. The third kappa shape index (κ3) is 5.99. The van der Waals surface area contributed by atoms with Gasteiger partial charge in [-0.15, -0.1) is 0 Å². The van der Waals surface area contributed by atoms with E-state index in [1.54, 1.807) is 6.07 Å². The summed E-state index contributed by atoms with van der Waals surface area (Å²) in [6, 6.07) is 15.4. The van der Waals surface area contributed by atoms with E-state index in [9.17, 15) is 14.4 Å². The van der Waals surface area contributed by atoms with E-state index in [4.69, 9.17) is 10.5 Å². The van der Waals surface area contributed by atoms with E-state index in [1.807, 2.05) is 48.5 Å².